The SMILES string of the molecule is O=C(NOCc1ccccc1)C1(NS(=O)(=O)c2ccc(Oc3ccc(F)cc3)cc2)C[C@H]2CC[C@@H](C1)O2. The zero-order valence-electron chi connectivity index (χ0n) is 19.9. The van der Waals surface area contributed by atoms with Crippen molar-refractivity contribution in [1.82, 2.24) is 10.2 Å². The van der Waals surface area contributed by atoms with Gasteiger partial charge in [-0.3, -0.25) is 9.63 Å². The van der Waals surface area contributed by atoms with Gasteiger partial charge in [-0.25, -0.2) is 18.3 Å². The number of amides is 1. The molecule has 1 amide bonds. The van der Waals surface area contributed by atoms with E-state index in [0.29, 0.717) is 11.5 Å². The molecule has 2 aliphatic heterocycles. The molecule has 37 heavy (non-hydrogen) atoms. The van der Waals surface area contributed by atoms with Crippen molar-refractivity contribution in [2.24, 2.45) is 0 Å². The Labute approximate surface area is 214 Å². The Balaban J connectivity index is 1.30. The lowest BCUT2D eigenvalue weighted by atomic mass is 9.87. The van der Waals surface area contributed by atoms with Crippen LogP contribution in [-0.2, 0) is 31.0 Å². The molecule has 8 nitrogen and oxygen atoms in total. The highest BCUT2D eigenvalue weighted by atomic mass is 32.2. The average Bonchev–Trinajstić information content (AvgIpc) is 3.24. The smallest absolute Gasteiger partial charge is 0.265 e. The first-order valence-corrected chi connectivity index (χ1v) is 13.5. The molecule has 10 heteroatoms. The molecule has 1 unspecified atom stereocenters. The van der Waals surface area contributed by atoms with Gasteiger partial charge in [0, 0.05) is 12.8 Å². The van der Waals surface area contributed by atoms with Gasteiger partial charge >= 0.3 is 0 Å². The Kier molecular flexibility index (Phi) is 7.25. The van der Waals surface area contributed by atoms with E-state index in [1.807, 2.05) is 30.3 Å². The van der Waals surface area contributed by atoms with Crippen molar-refractivity contribution in [2.75, 3.05) is 0 Å². The van der Waals surface area contributed by atoms with E-state index < -0.39 is 21.5 Å². The summed E-state index contributed by atoms with van der Waals surface area (Å²) in [6.07, 6.45) is 1.51. The molecular formula is C27H27FN2O6S. The molecule has 2 bridgehead atoms. The predicted octanol–water partition coefficient (Wildman–Crippen LogP) is 4.22. The quantitative estimate of drug-likeness (QED) is 0.405. The minimum atomic E-state index is -4.08. The molecule has 0 saturated carbocycles. The zero-order chi connectivity index (χ0) is 25.9. The van der Waals surface area contributed by atoms with E-state index in [0.717, 1.165) is 18.4 Å². The maximum Gasteiger partial charge on any atom is 0.265 e. The summed E-state index contributed by atoms with van der Waals surface area (Å²) < 4.78 is 54.1. The van der Waals surface area contributed by atoms with Gasteiger partial charge in [0.05, 0.1) is 23.7 Å². The summed E-state index contributed by atoms with van der Waals surface area (Å²) >= 11 is 0. The molecule has 0 radical (unpaired) electrons. The van der Waals surface area contributed by atoms with E-state index in [1.165, 1.54) is 48.5 Å². The lowest BCUT2D eigenvalue weighted by molar-refractivity contribution is -0.148. The van der Waals surface area contributed by atoms with Gasteiger partial charge in [0.2, 0.25) is 10.0 Å². The third-order valence-electron chi connectivity index (χ3n) is 6.54. The van der Waals surface area contributed by atoms with E-state index in [-0.39, 0.29) is 42.4 Å². The number of ether oxygens (including phenoxy) is 2. The molecule has 2 aliphatic rings. The first kappa shape index (κ1) is 25.3. The molecule has 3 aromatic rings. The highest BCUT2D eigenvalue weighted by Gasteiger charge is 2.52. The predicted molar refractivity (Wildman–Crippen MR) is 132 cm³/mol. The summed E-state index contributed by atoms with van der Waals surface area (Å²) in [6, 6.07) is 20.6. The molecule has 0 aliphatic carbocycles. The Bertz CT molecular complexity index is 1320. The lowest BCUT2D eigenvalue weighted by Gasteiger charge is -2.39. The van der Waals surface area contributed by atoms with E-state index in [4.69, 9.17) is 14.3 Å². The van der Waals surface area contributed by atoms with Gasteiger partial charge in [-0.05, 0) is 66.9 Å². The van der Waals surface area contributed by atoms with Crippen molar-refractivity contribution in [3.63, 3.8) is 0 Å². The van der Waals surface area contributed by atoms with Gasteiger partial charge in [-0.15, -0.1) is 0 Å². The Morgan fingerprint density at radius 3 is 2.14 bits per heavy atom. The first-order chi connectivity index (χ1) is 17.8. The van der Waals surface area contributed by atoms with E-state index >= 15 is 0 Å². The Hall–Kier alpha value is -3.31. The molecule has 3 aromatic carbocycles. The minimum absolute atomic E-state index is 0.0184. The molecule has 2 fully saturated rings. The minimum Gasteiger partial charge on any atom is -0.457 e. The maximum absolute atomic E-state index is 13.4. The van der Waals surface area contributed by atoms with Crippen LogP contribution in [0.2, 0.25) is 0 Å². The standard InChI is InChI=1S/C27H27FN2O6S/c28-20-6-8-21(9-7-20)35-22-12-14-25(15-13-22)37(32,33)30-27(16-23-10-11-24(17-27)36-23)26(31)29-34-18-19-4-2-1-3-5-19/h1-9,12-15,23-24,30H,10-11,16-18H2,(H,29,31)/t23-,24+,27?. The van der Waals surface area contributed by atoms with Crippen molar-refractivity contribution in [1.29, 1.82) is 0 Å². The van der Waals surface area contributed by atoms with Crippen LogP contribution in [-0.4, -0.2) is 32.1 Å². The summed E-state index contributed by atoms with van der Waals surface area (Å²) in [7, 11) is -4.08. The number of benzene rings is 3. The van der Waals surface area contributed by atoms with Crippen LogP contribution in [0.1, 0.15) is 31.2 Å². The Morgan fingerprint density at radius 1 is 0.919 bits per heavy atom. The van der Waals surface area contributed by atoms with Crippen LogP contribution in [0.4, 0.5) is 4.39 Å². The van der Waals surface area contributed by atoms with Crippen LogP contribution in [0.5, 0.6) is 11.5 Å². The summed E-state index contributed by atoms with van der Waals surface area (Å²) in [5.41, 5.74) is 1.91. The molecule has 2 N–H and O–H groups in total. The second-order valence-corrected chi connectivity index (χ2v) is 11.0. The normalized spacial score (nSPS) is 22.9. The molecule has 0 spiro atoms. The van der Waals surface area contributed by atoms with E-state index in [1.54, 1.807) is 0 Å². The molecule has 5 rings (SSSR count). The van der Waals surface area contributed by atoms with E-state index in [2.05, 4.69) is 10.2 Å². The third kappa shape index (κ3) is 5.99. The molecule has 2 saturated heterocycles. The van der Waals surface area contributed by atoms with Crippen molar-refractivity contribution in [3.05, 3.63) is 90.2 Å². The molecule has 0 aromatic heterocycles. The third-order valence-corrected chi connectivity index (χ3v) is 8.09. The van der Waals surface area contributed by atoms with Crippen molar-refractivity contribution in [3.8, 4) is 11.5 Å². The topological polar surface area (TPSA) is 103 Å². The largest absolute Gasteiger partial charge is 0.457 e. The van der Waals surface area contributed by atoms with Crippen LogP contribution in [0.3, 0.4) is 0 Å². The zero-order valence-corrected chi connectivity index (χ0v) is 20.7. The van der Waals surface area contributed by atoms with Crippen LogP contribution in [0.25, 0.3) is 0 Å². The second kappa shape index (κ2) is 10.6. The second-order valence-electron chi connectivity index (χ2n) is 9.29. The van der Waals surface area contributed by atoms with Gasteiger partial charge < -0.3 is 9.47 Å². The van der Waals surface area contributed by atoms with Gasteiger partial charge in [0.15, 0.2) is 0 Å². The lowest BCUT2D eigenvalue weighted by Crippen LogP contribution is -2.62. The van der Waals surface area contributed by atoms with Crippen molar-refractivity contribution in [2.45, 2.75) is 54.9 Å². The average molecular weight is 527 g/mol. The van der Waals surface area contributed by atoms with Gasteiger partial charge in [-0.2, -0.15) is 4.72 Å². The number of carbonyl (C=O) groups excluding carboxylic acids is 1. The van der Waals surface area contributed by atoms with Gasteiger partial charge in [0.25, 0.3) is 5.91 Å². The van der Waals surface area contributed by atoms with Gasteiger partial charge in [0.1, 0.15) is 22.9 Å². The number of hydrogen-bond acceptors (Lipinski definition) is 6. The van der Waals surface area contributed by atoms with Crippen LogP contribution >= 0.6 is 0 Å². The number of hydroxylamine groups is 1. The summed E-state index contributed by atoms with van der Waals surface area (Å²) in [6.45, 7) is 0.147. The molecular weight excluding hydrogens is 499 g/mol. The number of carbonyl (C=O) groups is 1. The van der Waals surface area contributed by atoms with E-state index in [9.17, 15) is 17.6 Å². The summed E-state index contributed by atoms with van der Waals surface area (Å²) in [4.78, 5) is 18.8. The fourth-order valence-electron chi connectivity index (χ4n) is 4.75. The monoisotopic (exact) mass is 526 g/mol. The van der Waals surface area contributed by atoms with Gasteiger partial charge in [-0.1, -0.05) is 30.3 Å². The number of rotatable bonds is 9. The number of nitrogens with one attached hydrogen (secondary N) is 2. The number of sulfonamides is 1. The summed E-state index contributed by atoms with van der Waals surface area (Å²) in [5, 5.41) is 0. The number of halogens is 1. The van der Waals surface area contributed by atoms with Crippen molar-refractivity contribution < 1.29 is 31.9 Å². The fourth-order valence-corrected chi connectivity index (χ4v) is 6.14. The highest BCUT2D eigenvalue weighted by Crippen LogP contribution is 2.39. The highest BCUT2D eigenvalue weighted by molar-refractivity contribution is 7.89. The Morgan fingerprint density at radius 2 is 1.51 bits per heavy atom. The van der Waals surface area contributed by atoms with Crippen LogP contribution in [0.15, 0.2) is 83.8 Å². The molecule has 3 atom stereocenters. The number of hydrogen-bond donors (Lipinski definition) is 2. The fraction of sp³-hybridized carbons (Fsp3) is 0.296. The first-order valence-electron chi connectivity index (χ1n) is 12.0. The maximum atomic E-state index is 13.4. The molecule has 2 heterocycles. The summed E-state index contributed by atoms with van der Waals surface area (Å²) in [5.74, 6) is -0.135. The van der Waals surface area contributed by atoms with Crippen LogP contribution in [0, 0.1) is 5.82 Å². The molecule has 194 valence electrons. The number of fused-ring (bicyclic) bond motifs is 2. The van der Waals surface area contributed by atoms with Crippen molar-refractivity contribution >= 4 is 15.9 Å². The van der Waals surface area contributed by atoms with Crippen LogP contribution < -0.4 is 14.9 Å².